The summed E-state index contributed by atoms with van der Waals surface area (Å²) in [7, 11) is 0. The van der Waals surface area contributed by atoms with Gasteiger partial charge in [0.1, 0.15) is 12.4 Å². The molecule has 2 rings (SSSR count). The van der Waals surface area contributed by atoms with Crippen molar-refractivity contribution in [3.63, 3.8) is 0 Å². The molecule has 2 aromatic rings. The zero-order valence-corrected chi connectivity index (χ0v) is 9.70. The van der Waals surface area contributed by atoms with Crippen molar-refractivity contribution in [2.75, 3.05) is 0 Å². The van der Waals surface area contributed by atoms with Crippen molar-refractivity contribution in [1.29, 1.82) is 0 Å². The number of hydrogen-bond donors (Lipinski definition) is 2. The van der Waals surface area contributed by atoms with Crippen molar-refractivity contribution < 1.29 is 9.52 Å². The Bertz CT molecular complexity index is 500. The van der Waals surface area contributed by atoms with E-state index in [2.05, 4.69) is 10.2 Å². The fraction of sp³-hybridized carbons (Fsp3) is 0.400. The van der Waals surface area contributed by atoms with Crippen LogP contribution >= 0.6 is 12.2 Å². The number of H-pyrrole nitrogens is 1. The molecule has 0 aliphatic heterocycles. The minimum absolute atomic E-state index is 0.0968. The van der Waals surface area contributed by atoms with Gasteiger partial charge in [-0.25, -0.2) is 0 Å². The molecule has 1 atom stereocenters. The molecule has 86 valence electrons. The van der Waals surface area contributed by atoms with Crippen LogP contribution in [0.3, 0.4) is 0 Å². The molecule has 1 unspecified atom stereocenters. The van der Waals surface area contributed by atoms with Gasteiger partial charge in [0.2, 0.25) is 0 Å². The van der Waals surface area contributed by atoms with E-state index >= 15 is 0 Å². The molecule has 2 heterocycles. The van der Waals surface area contributed by atoms with Crippen molar-refractivity contribution in [2.24, 2.45) is 0 Å². The van der Waals surface area contributed by atoms with Crippen LogP contribution < -0.4 is 0 Å². The Kier molecular flexibility index (Phi) is 3.21. The summed E-state index contributed by atoms with van der Waals surface area (Å²) in [5.74, 6) is 1.43. The number of hydrogen-bond acceptors (Lipinski definition) is 4. The summed E-state index contributed by atoms with van der Waals surface area (Å²) < 4.78 is 7.60. The lowest BCUT2D eigenvalue weighted by atomic mass is 10.2. The van der Waals surface area contributed by atoms with Gasteiger partial charge in [-0.3, -0.25) is 9.67 Å². The molecule has 0 aromatic carbocycles. The summed E-state index contributed by atoms with van der Waals surface area (Å²) in [5, 5.41) is 15.8. The summed E-state index contributed by atoms with van der Waals surface area (Å²) in [6.07, 6.45) is 2.36. The second kappa shape index (κ2) is 4.63. The molecule has 0 spiro atoms. The second-order valence-corrected chi connectivity index (χ2v) is 3.99. The van der Waals surface area contributed by atoms with Crippen LogP contribution in [0.4, 0.5) is 0 Å². The summed E-state index contributed by atoms with van der Waals surface area (Å²) in [4.78, 5) is 0. The van der Waals surface area contributed by atoms with Gasteiger partial charge < -0.3 is 9.52 Å². The Balaban J connectivity index is 2.23. The predicted molar refractivity (Wildman–Crippen MR) is 60.5 cm³/mol. The SMILES string of the molecule is CC(Cc1ccco1)n1c(CO)n[nH]c1=S. The number of nitrogens with zero attached hydrogens (tertiary/aromatic N) is 2. The first kappa shape index (κ1) is 11.1. The number of aromatic nitrogens is 3. The molecule has 0 saturated heterocycles. The van der Waals surface area contributed by atoms with E-state index < -0.39 is 0 Å². The van der Waals surface area contributed by atoms with Crippen LogP contribution in [0.25, 0.3) is 0 Å². The van der Waals surface area contributed by atoms with Gasteiger partial charge >= 0.3 is 0 Å². The average molecular weight is 239 g/mol. The third-order valence-electron chi connectivity index (χ3n) is 2.44. The number of aromatic amines is 1. The molecule has 5 nitrogen and oxygen atoms in total. The monoisotopic (exact) mass is 239 g/mol. The van der Waals surface area contributed by atoms with E-state index in [0.29, 0.717) is 17.0 Å². The van der Waals surface area contributed by atoms with E-state index in [1.54, 1.807) is 10.8 Å². The Morgan fingerprint density at radius 3 is 3.12 bits per heavy atom. The highest BCUT2D eigenvalue weighted by Gasteiger charge is 2.13. The lowest BCUT2D eigenvalue weighted by Gasteiger charge is -2.13. The number of aliphatic hydroxyl groups is 1. The van der Waals surface area contributed by atoms with E-state index in [1.807, 2.05) is 19.1 Å². The minimum Gasteiger partial charge on any atom is -0.469 e. The zero-order chi connectivity index (χ0) is 11.5. The van der Waals surface area contributed by atoms with Crippen molar-refractivity contribution in [3.05, 3.63) is 34.8 Å². The zero-order valence-electron chi connectivity index (χ0n) is 8.88. The molecule has 0 fully saturated rings. The Morgan fingerprint density at radius 1 is 1.69 bits per heavy atom. The standard InChI is InChI=1S/C10H13N3O2S/c1-7(5-8-3-2-4-15-8)13-9(6-14)11-12-10(13)16/h2-4,7,14H,5-6H2,1H3,(H,12,16). The number of aliphatic hydroxyl groups excluding tert-OH is 1. The Morgan fingerprint density at radius 2 is 2.50 bits per heavy atom. The molecule has 0 aliphatic carbocycles. The molecule has 0 radical (unpaired) electrons. The van der Waals surface area contributed by atoms with E-state index in [1.165, 1.54) is 0 Å². The summed E-state index contributed by atoms with van der Waals surface area (Å²) in [6, 6.07) is 3.86. The van der Waals surface area contributed by atoms with Gasteiger partial charge in [0.05, 0.1) is 6.26 Å². The van der Waals surface area contributed by atoms with Crippen LogP contribution in [-0.2, 0) is 13.0 Å². The summed E-state index contributed by atoms with van der Waals surface area (Å²) >= 11 is 5.11. The second-order valence-electron chi connectivity index (χ2n) is 3.61. The summed E-state index contributed by atoms with van der Waals surface area (Å²) in [5.41, 5.74) is 0. The summed E-state index contributed by atoms with van der Waals surface area (Å²) in [6.45, 7) is 1.88. The van der Waals surface area contributed by atoms with Crippen LogP contribution in [0.1, 0.15) is 24.6 Å². The fourth-order valence-electron chi connectivity index (χ4n) is 1.71. The molecule has 0 saturated carbocycles. The maximum atomic E-state index is 9.13. The predicted octanol–water partition coefficient (Wildman–Crippen LogP) is 1.83. The van der Waals surface area contributed by atoms with Crippen molar-refractivity contribution in [2.45, 2.75) is 26.0 Å². The van der Waals surface area contributed by atoms with Crippen LogP contribution in [0.15, 0.2) is 22.8 Å². The van der Waals surface area contributed by atoms with E-state index in [4.69, 9.17) is 21.7 Å². The normalized spacial score (nSPS) is 12.9. The molecule has 0 amide bonds. The van der Waals surface area contributed by atoms with Crippen molar-refractivity contribution in [1.82, 2.24) is 14.8 Å². The topological polar surface area (TPSA) is 67.0 Å². The Labute approximate surface area is 97.7 Å². The maximum Gasteiger partial charge on any atom is 0.195 e. The molecule has 2 N–H and O–H groups in total. The molecular weight excluding hydrogens is 226 g/mol. The van der Waals surface area contributed by atoms with Gasteiger partial charge in [-0.15, -0.1) is 0 Å². The number of furan rings is 1. The highest BCUT2D eigenvalue weighted by molar-refractivity contribution is 7.71. The van der Waals surface area contributed by atoms with Crippen LogP contribution in [-0.4, -0.2) is 19.9 Å². The van der Waals surface area contributed by atoms with Crippen LogP contribution in [0.5, 0.6) is 0 Å². The quantitative estimate of drug-likeness (QED) is 0.799. The molecule has 0 bridgehead atoms. The molecule has 6 heteroatoms. The third-order valence-corrected chi connectivity index (χ3v) is 2.72. The van der Waals surface area contributed by atoms with Crippen LogP contribution in [0, 0.1) is 4.77 Å². The van der Waals surface area contributed by atoms with E-state index in [-0.39, 0.29) is 12.6 Å². The van der Waals surface area contributed by atoms with Gasteiger partial charge in [0.25, 0.3) is 0 Å². The molecule has 16 heavy (non-hydrogen) atoms. The number of nitrogens with one attached hydrogen (secondary N) is 1. The van der Waals surface area contributed by atoms with Crippen molar-refractivity contribution in [3.8, 4) is 0 Å². The van der Waals surface area contributed by atoms with E-state index in [0.717, 1.165) is 5.76 Å². The highest BCUT2D eigenvalue weighted by atomic mass is 32.1. The first-order valence-corrected chi connectivity index (χ1v) is 5.42. The largest absolute Gasteiger partial charge is 0.469 e. The lowest BCUT2D eigenvalue weighted by Crippen LogP contribution is -2.12. The van der Waals surface area contributed by atoms with Crippen LogP contribution in [0.2, 0.25) is 0 Å². The maximum absolute atomic E-state index is 9.13. The third kappa shape index (κ3) is 2.07. The highest BCUT2D eigenvalue weighted by Crippen LogP contribution is 2.16. The first-order chi connectivity index (χ1) is 7.72. The average Bonchev–Trinajstić information content (AvgIpc) is 2.87. The molecule has 2 aromatic heterocycles. The van der Waals surface area contributed by atoms with Gasteiger partial charge in [-0.2, -0.15) is 5.10 Å². The molecule has 0 aliphatic rings. The van der Waals surface area contributed by atoms with Gasteiger partial charge in [-0.1, -0.05) is 0 Å². The minimum atomic E-state index is -0.129. The fourth-order valence-corrected chi connectivity index (χ4v) is 2.05. The number of rotatable bonds is 4. The lowest BCUT2D eigenvalue weighted by molar-refractivity contribution is 0.259. The van der Waals surface area contributed by atoms with E-state index in [9.17, 15) is 0 Å². The van der Waals surface area contributed by atoms with Gasteiger partial charge in [0.15, 0.2) is 10.6 Å². The Hall–Kier alpha value is -1.40. The van der Waals surface area contributed by atoms with Gasteiger partial charge in [0, 0.05) is 12.5 Å². The first-order valence-electron chi connectivity index (χ1n) is 5.01. The molecular formula is C10H13N3O2S. The smallest absolute Gasteiger partial charge is 0.195 e. The van der Waals surface area contributed by atoms with Crippen molar-refractivity contribution >= 4 is 12.2 Å². The van der Waals surface area contributed by atoms with Gasteiger partial charge in [-0.05, 0) is 31.3 Å².